The number of hydrogen-bond acceptors (Lipinski definition) is 2. The van der Waals surface area contributed by atoms with Crippen LogP contribution in [0.4, 0.5) is 0 Å². The monoisotopic (exact) mass is 147 g/mol. The number of rotatable bonds is 1. The Labute approximate surface area is 65.4 Å². The number of hydrogen-bond donors (Lipinski definition) is 1. The predicted octanol–water partition coefficient (Wildman–Crippen LogP) is 2.13. The Morgan fingerprint density at radius 3 is 2.18 bits per heavy atom. The zero-order valence-corrected chi connectivity index (χ0v) is 6.35. The van der Waals surface area contributed by atoms with Gasteiger partial charge in [-0.05, 0) is 23.1 Å². The molecule has 0 saturated heterocycles. The minimum absolute atomic E-state index is 0.750. The Hall–Kier alpha value is -1.40. The van der Waals surface area contributed by atoms with Crippen LogP contribution in [0.2, 0.25) is 0 Å². The summed E-state index contributed by atoms with van der Waals surface area (Å²) in [6.07, 6.45) is 1.96. The molecule has 0 atom stereocenters. The number of benzene rings is 1. The van der Waals surface area contributed by atoms with E-state index >= 15 is 0 Å². The molecule has 0 radical (unpaired) electrons. The molecule has 2 heteroatoms. The highest BCUT2D eigenvalue weighted by Gasteiger charge is 2.19. The van der Waals surface area contributed by atoms with Crippen LogP contribution in [0.3, 0.4) is 0 Å². The van der Waals surface area contributed by atoms with Crippen LogP contribution in [0.15, 0.2) is 18.2 Å². The van der Waals surface area contributed by atoms with Crippen LogP contribution in [0.25, 0.3) is 11.1 Å². The first-order chi connectivity index (χ1) is 5.35. The van der Waals surface area contributed by atoms with E-state index in [1.165, 1.54) is 17.5 Å². The van der Waals surface area contributed by atoms with Crippen molar-refractivity contribution in [1.29, 1.82) is 5.41 Å². The molecule has 0 bridgehead atoms. The number of fused-ring (bicyclic) bond motifs is 1. The van der Waals surface area contributed by atoms with Crippen molar-refractivity contribution in [2.75, 3.05) is 0 Å². The van der Waals surface area contributed by atoms with E-state index in [1.807, 2.05) is 0 Å². The third-order valence-corrected chi connectivity index (χ3v) is 1.76. The van der Waals surface area contributed by atoms with Crippen LogP contribution in [-0.4, -0.2) is 6.08 Å². The van der Waals surface area contributed by atoms with E-state index in [4.69, 9.17) is 10.2 Å². The molecule has 0 aromatic rings. The summed E-state index contributed by atoms with van der Waals surface area (Å²) >= 11 is 0. The van der Waals surface area contributed by atoms with Crippen molar-refractivity contribution in [1.82, 2.24) is 0 Å². The van der Waals surface area contributed by atoms with Gasteiger partial charge in [0.2, 0.25) is 6.08 Å². The van der Waals surface area contributed by atoms with E-state index in [1.54, 1.807) is 5.56 Å². The molecule has 0 aliphatic heterocycles. The van der Waals surface area contributed by atoms with E-state index in [0.29, 0.717) is 0 Å². The molecule has 0 unspecified atom stereocenters. The van der Waals surface area contributed by atoms with Crippen molar-refractivity contribution in [3.63, 3.8) is 0 Å². The lowest BCUT2D eigenvalue weighted by Crippen LogP contribution is -1.56. The van der Waals surface area contributed by atoms with E-state index in [0.717, 1.165) is 6.08 Å². The lowest BCUT2D eigenvalue weighted by molar-refractivity contribution is 0.563. The van der Waals surface area contributed by atoms with Crippen molar-refractivity contribution in [2.45, 2.75) is 13.3 Å². The van der Waals surface area contributed by atoms with Crippen molar-refractivity contribution in [3.8, 4) is 11.1 Å². The second-order valence-corrected chi connectivity index (χ2v) is 2.29. The van der Waals surface area contributed by atoms with Crippen LogP contribution < -0.4 is 0 Å². The Morgan fingerprint density at radius 1 is 1.45 bits per heavy atom. The van der Waals surface area contributed by atoms with Gasteiger partial charge in [0.15, 0.2) is 0 Å². The Morgan fingerprint density at radius 2 is 1.91 bits per heavy atom. The maximum Gasteiger partial charge on any atom is 0.231 e. The quantitative estimate of drug-likeness (QED) is 0.487. The number of isocyanates is 1. The van der Waals surface area contributed by atoms with Gasteiger partial charge in [-0.3, -0.25) is 0 Å². The fraction of sp³-hybridized carbons (Fsp3) is 0.222. The Bertz CT molecular complexity index is 278. The van der Waals surface area contributed by atoms with Gasteiger partial charge >= 0.3 is 0 Å². The summed E-state index contributed by atoms with van der Waals surface area (Å²) in [6.45, 7) is 2.20. The molecule has 2 aliphatic carbocycles. The lowest BCUT2D eigenvalue weighted by Gasteiger charge is -1.69. The molecule has 2 rings (SSSR count). The topological polar surface area (TPSA) is 40.9 Å². The molecule has 2 nitrogen and oxygen atoms in total. The summed E-state index contributed by atoms with van der Waals surface area (Å²) in [4.78, 5) is 8.35. The highest BCUT2D eigenvalue weighted by Crippen LogP contribution is 2.42. The maximum atomic E-state index is 8.35. The van der Waals surface area contributed by atoms with Crippen LogP contribution in [0, 0.1) is 5.41 Å². The molecule has 1 N–H and O–H groups in total. The summed E-state index contributed by atoms with van der Waals surface area (Å²) in [5.41, 5.74) is 4.59. The fourth-order valence-corrected chi connectivity index (χ4v) is 1.26. The highest BCUT2D eigenvalue weighted by atomic mass is 16.1. The summed E-state index contributed by atoms with van der Waals surface area (Å²) < 4.78 is 0. The van der Waals surface area contributed by atoms with E-state index in [2.05, 4.69) is 25.1 Å². The fourth-order valence-electron chi connectivity index (χ4n) is 1.26. The average Bonchev–Trinajstić information content (AvgIpc) is 2.43. The summed E-state index contributed by atoms with van der Waals surface area (Å²) in [5.74, 6) is 0. The normalized spacial score (nSPS) is 9.18. The molecular weight excluding hydrogens is 138 g/mol. The molecule has 11 heavy (non-hydrogen) atoms. The molecule has 2 aliphatic rings. The van der Waals surface area contributed by atoms with Gasteiger partial charge in [0, 0.05) is 0 Å². The molecule has 0 spiro atoms. The number of aryl methyl sites for hydroxylation is 1. The zero-order chi connectivity index (χ0) is 8.27. The van der Waals surface area contributed by atoms with Gasteiger partial charge in [-0.15, -0.1) is 0 Å². The summed E-state index contributed by atoms with van der Waals surface area (Å²) in [7, 11) is 0. The lowest BCUT2D eigenvalue weighted by atomic mass is 10.4. The van der Waals surface area contributed by atoms with E-state index in [-0.39, 0.29) is 0 Å². The van der Waals surface area contributed by atoms with Gasteiger partial charge in [0.1, 0.15) is 0 Å². The molecule has 0 amide bonds. The first-order valence-corrected chi connectivity index (χ1v) is 3.51. The van der Waals surface area contributed by atoms with Crippen LogP contribution in [0.5, 0.6) is 0 Å². The summed E-state index contributed by atoms with van der Waals surface area (Å²) in [6, 6.07) is 6.49. The van der Waals surface area contributed by atoms with Gasteiger partial charge < -0.3 is 0 Å². The highest BCUT2D eigenvalue weighted by molar-refractivity contribution is 5.89. The van der Waals surface area contributed by atoms with Gasteiger partial charge in [-0.2, -0.15) is 0 Å². The third kappa shape index (κ3) is 1.36. The first-order valence-electron chi connectivity index (χ1n) is 3.51. The van der Waals surface area contributed by atoms with Gasteiger partial charge in [0.25, 0.3) is 0 Å². The van der Waals surface area contributed by atoms with Gasteiger partial charge in [-0.25, -0.2) is 10.2 Å². The SMILES string of the molecule is CCc1c2cccc1-2.N=C=O. The maximum absolute atomic E-state index is 8.35. The van der Waals surface area contributed by atoms with E-state index < -0.39 is 0 Å². The number of nitrogens with one attached hydrogen (secondary N) is 1. The molecule has 0 aromatic heterocycles. The Balaban J connectivity index is 0.000000179. The second-order valence-electron chi connectivity index (χ2n) is 2.29. The van der Waals surface area contributed by atoms with Crippen molar-refractivity contribution in [3.05, 3.63) is 23.8 Å². The Kier molecular flexibility index (Phi) is 2.19. The molecule has 0 aromatic carbocycles. The average molecular weight is 147 g/mol. The summed E-state index contributed by atoms with van der Waals surface area (Å²) in [5, 5.41) is 5.40. The van der Waals surface area contributed by atoms with Crippen molar-refractivity contribution >= 4 is 6.08 Å². The second kappa shape index (κ2) is 3.13. The van der Waals surface area contributed by atoms with Crippen LogP contribution in [-0.2, 0) is 11.2 Å². The van der Waals surface area contributed by atoms with Gasteiger partial charge in [-0.1, -0.05) is 25.1 Å². The zero-order valence-electron chi connectivity index (χ0n) is 6.35. The number of carbonyl (C=O) groups excluding carboxylic acids is 1. The van der Waals surface area contributed by atoms with Crippen molar-refractivity contribution < 1.29 is 4.79 Å². The third-order valence-electron chi connectivity index (χ3n) is 1.76. The predicted molar refractivity (Wildman–Crippen MR) is 43.2 cm³/mol. The standard InChI is InChI=1S/C8H8.CHNO/c1-2-6-7-4-3-5-8(6)7;2-1-3/h3-5H,2H2,1H3;2H. The molecule has 0 heterocycles. The molecule has 0 fully saturated rings. The molecular formula is C9H9NO. The molecule has 0 saturated carbocycles. The first kappa shape index (κ1) is 7.70. The van der Waals surface area contributed by atoms with Crippen LogP contribution in [0.1, 0.15) is 12.5 Å². The minimum Gasteiger partial charge on any atom is -0.222 e. The van der Waals surface area contributed by atoms with Gasteiger partial charge in [0.05, 0.1) is 0 Å². The minimum atomic E-state index is 0.750. The van der Waals surface area contributed by atoms with Crippen LogP contribution >= 0.6 is 0 Å². The molecule has 56 valence electrons. The van der Waals surface area contributed by atoms with Crippen molar-refractivity contribution in [2.24, 2.45) is 0 Å². The van der Waals surface area contributed by atoms with E-state index in [9.17, 15) is 0 Å². The largest absolute Gasteiger partial charge is 0.231 e. The smallest absolute Gasteiger partial charge is 0.222 e.